The number of ether oxygens (including phenoxy) is 2. The predicted octanol–water partition coefficient (Wildman–Crippen LogP) is 1.75. The van der Waals surface area contributed by atoms with Gasteiger partial charge in [-0.2, -0.15) is 0 Å². The summed E-state index contributed by atoms with van der Waals surface area (Å²) in [6, 6.07) is 5.68. The highest BCUT2D eigenvalue weighted by Crippen LogP contribution is 2.23. The minimum absolute atomic E-state index is 0.0203. The molecule has 0 fully saturated rings. The van der Waals surface area contributed by atoms with Crippen molar-refractivity contribution in [2.24, 2.45) is 0 Å². The van der Waals surface area contributed by atoms with Crippen LogP contribution in [0.3, 0.4) is 0 Å². The summed E-state index contributed by atoms with van der Waals surface area (Å²) >= 11 is 0. The smallest absolute Gasteiger partial charge is 0.220 e. The number of benzene rings is 1. The van der Waals surface area contributed by atoms with Crippen LogP contribution in [-0.2, 0) is 16.0 Å². The van der Waals surface area contributed by atoms with E-state index in [2.05, 4.69) is 5.32 Å². The molecule has 0 saturated heterocycles. The zero-order valence-corrected chi connectivity index (χ0v) is 12.3. The Morgan fingerprint density at radius 2 is 2.15 bits per heavy atom. The molecular weight excluding hydrogens is 256 g/mol. The lowest BCUT2D eigenvalue weighted by Crippen LogP contribution is -2.27. The first-order valence-corrected chi connectivity index (χ1v) is 6.94. The number of anilines is 1. The summed E-state index contributed by atoms with van der Waals surface area (Å²) in [4.78, 5) is 11.6. The molecule has 0 aliphatic rings. The Morgan fingerprint density at radius 3 is 2.80 bits per heavy atom. The highest BCUT2D eigenvalue weighted by molar-refractivity contribution is 5.76. The molecule has 0 spiro atoms. The minimum Gasteiger partial charge on any atom is -0.491 e. The largest absolute Gasteiger partial charge is 0.491 e. The molecule has 0 bridgehead atoms. The third-order valence-electron chi connectivity index (χ3n) is 2.80. The average molecular weight is 280 g/mol. The van der Waals surface area contributed by atoms with Crippen LogP contribution < -0.4 is 15.8 Å². The summed E-state index contributed by atoms with van der Waals surface area (Å²) in [6.07, 6.45) is 2.05. The molecule has 0 radical (unpaired) electrons. The molecule has 1 amide bonds. The fraction of sp³-hybridized carbons (Fsp3) is 0.533. The van der Waals surface area contributed by atoms with E-state index in [9.17, 15) is 4.79 Å². The van der Waals surface area contributed by atoms with Gasteiger partial charge in [-0.05, 0) is 30.5 Å². The second kappa shape index (κ2) is 9.20. The van der Waals surface area contributed by atoms with E-state index in [0.717, 1.165) is 12.0 Å². The molecule has 20 heavy (non-hydrogen) atoms. The number of nitrogens with two attached hydrogens (primary N) is 1. The molecule has 0 saturated carbocycles. The van der Waals surface area contributed by atoms with Gasteiger partial charge in [-0.25, -0.2) is 0 Å². The SMILES string of the molecule is CCCOc1ccc(CCC(=O)NCCOC)cc1N. The predicted molar refractivity (Wildman–Crippen MR) is 79.8 cm³/mol. The lowest BCUT2D eigenvalue weighted by molar-refractivity contribution is -0.121. The lowest BCUT2D eigenvalue weighted by Gasteiger charge is -2.10. The van der Waals surface area contributed by atoms with Gasteiger partial charge in [-0.15, -0.1) is 0 Å². The van der Waals surface area contributed by atoms with Crippen molar-refractivity contribution in [3.05, 3.63) is 23.8 Å². The summed E-state index contributed by atoms with van der Waals surface area (Å²) in [6.45, 7) is 3.78. The van der Waals surface area contributed by atoms with Crippen molar-refractivity contribution < 1.29 is 14.3 Å². The van der Waals surface area contributed by atoms with Crippen LogP contribution >= 0.6 is 0 Å². The van der Waals surface area contributed by atoms with Gasteiger partial charge < -0.3 is 20.5 Å². The van der Waals surface area contributed by atoms with Gasteiger partial charge in [0.2, 0.25) is 5.91 Å². The van der Waals surface area contributed by atoms with Crippen LogP contribution in [0.1, 0.15) is 25.3 Å². The van der Waals surface area contributed by atoms with E-state index in [4.69, 9.17) is 15.2 Å². The number of rotatable bonds is 9. The number of methoxy groups -OCH3 is 1. The molecule has 3 N–H and O–H groups in total. The Labute approximate surface area is 120 Å². The van der Waals surface area contributed by atoms with Gasteiger partial charge in [0.05, 0.1) is 18.9 Å². The van der Waals surface area contributed by atoms with Crippen LogP contribution in [-0.4, -0.2) is 32.8 Å². The third-order valence-corrected chi connectivity index (χ3v) is 2.80. The number of carbonyl (C=O) groups excluding carboxylic acids is 1. The summed E-state index contributed by atoms with van der Waals surface area (Å²) in [7, 11) is 1.61. The van der Waals surface area contributed by atoms with Crippen molar-refractivity contribution in [3.63, 3.8) is 0 Å². The van der Waals surface area contributed by atoms with Crippen molar-refractivity contribution in [3.8, 4) is 5.75 Å². The molecule has 112 valence electrons. The monoisotopic (exact) mass is 280 g/mol. The van der Waals surface area contributed by atoms with Gasteiger partial charge in [0.15, 0.2) is 0 Å². The summed E-state index contributed by atoms with van der Waals surface area (Å²) in [5, 5.41) is 2.79. The number of carbonyl (C=O) groups is 1. The molecule has 5 heteroatoms. The van der Waals surface area contributed by atoms with Crippen molar-refractivity contribution >= 4 is 11.6 Å². The second-order valence-electron chi connectivity index (χ2n) is 4.56. The Morgan fingerprint density at radius 1 is 1.35 bits per heavy atom. The van der Waals surface area contributed by atoms with Crippen molar-refractivity contribution in [1.82, 2.24) is 5.32 Å². The Kier molecular flexibility index (Phi) is 7.50. The summed E-state index contributed by atoms with van der Waals surface area (Å²) in [5.74, 6) is 0.729. The topological polar surface area (TPSA) is 73.6 Å². The molecule has 1 aromatic carbocycles. The molecule has 0 unspecified atom stereocenters. The summed E-state index contributed by atoms with van der Waals surface area (Å²) < 4.78 is 10.4. The van der Waals surface area contributed by atoms with Gasteiger partial charge in [0.1, 0.15) is 5.75 Å². The van der Waals surface area contributed by atoms with Gasteiger partial charge in [-0.1, -0.05) is 13.0 Å². The maximum Gasteiger partial charge on any atom is 0.220 e. The molecule has 0 aromatic heterocycles. The van der Waals surface area contributed by atoms with Crippen molar-refractivity contribution in [2.75, 3.05) is 32.6 Å². The van der Waals surface area contributed by atoms with Crippen LogP contribution in [0.5, 0.6) is 5.75 Å². The molecule has 1 rings (SSSR count). The zero-order chi connectivity index (χ0) is 14.8. The fourth-order valence-electron chi connectivity index (χ4n) is 1.74. The molecular formula is C15H24N2O3. The number of hydrogen-bond acceptors (Lipinski definition) is 4. The van der Waals surface area contributed by atoms with Gasteiger partial charge in [0, 0.05) is 20.1 Å². The van der Waals surface area contributed by atoms with E-state index in [1.165, 1.54) is 0 Å². The van der Waals surface area contributed by atoms with Crippen molar-refractivity contribution in [2.45, 2.75) is 26.2 Å². The molecule has 0 atom stereocenters. The van der Waals surface area contributed by atoms with E-state index in [-0.39, 0.29) is 5.91 Å². The van der Waals surface area contributed by atoms with E-state index in [1.54, 1.807) is 7.11 Å². The van der Waals surface area contributed by atoms with Gasteiger partial charge in [0.25, 0.3) is 0 Å². The Balaban J connectivity index is 2.40. The van der Waals surface area contributed by atoms with E-state index >= 15 is 0 Å². The Hall–Kier alpha value is -1.75. The first kappa shape index (κ1) is 16.3. The first-order valence-electron chi connectivity index (χ1n) is 6.94. The highest BCUT2D eigenvalue weighted by atomic mass is 16.5. The first-order chi connectivity index (χ1) is 9.67. The molecule has 0 aliphatic heterocycles. The third kappa shape index (κ3) is 5.93. The number of nitrogens with one attached hydrogen (secondary N) is 1. The standard InChI is InChI=1S/C15H24N2O3/c1-3-9-20-14-6-4-12(11-13(14)16)5-7-15(18)17-8-10-19-2/h4,6,11H,3,5,7-10,16H2,1-2H3,(H,17,18). The van der Waals surface area contributed by atoms with Crippen LogP contribution in [0.25, 0.3) is 0 Å². The second-order valence-corrected chi connectivity index (χ2v) is 4.56. The fourth-order valence-corrected chi connectivity index (χ4v) is 1.74. The van der Waals surface area contributed by atoms with Crippen LogP contribution in [0.15, 0.2) is 18.2 Å². The normalized spacial score (nSPS) is 10.3. The number of amides is 1. The van der Waals surface area contributed by atoms with E-state index in [0.29, 0.717) is 44.0 Å². The average Bonchev–Trinajstić information content (AvgIpc) is 2.44. The maximum absolute atomic E-state index is 11.6. The summed E-state index contributed by atoms with van der Waals surface area (Å²) in [5.41, 5.74) is 7.58. The zero-order valence-electron chi connectivity index (χ0n) is 12.3. The Bertz CT molecular complexity index is 422. The number of hydrogen-bond donors (Lipinski definition) is 2. The van der Waals surface area contributed by atoms with E-state index in [1.807, 2.05) is 25.1 Å². The van der Waals surface area contributed by atoms with Crippen LogP contribution in [0.4, 0.5) is 5.69 Å². The molecule has 0 heterocycles. The number of nitrogen functional groups attached to an aromatic ring is 1. The highest BCUT2D eigenvalue weighted by Gasteiger charge is 2.05. The van der Waals surface area contributed by atoms with Gasteiger partial charge >= 0.3 is 0 Å². The minimum atomic E-state index is 0.0203. The maximum atomic E-state index is 11.6. The molecule has 5 nitrogen and oxygen atoms in total. The van der Waals surface area contributed by atoms with E-state index < -0.39 is 0 Å². The quantitative estimate of drug-likeness (QED) is 0.534. The number of aryl methyl sites for hydroxylation is 1. The van der Waals surface area contributed by atoms with Crippen molar-refractivity contribution in [1.29, 1.82) is 0 Å². The lowest BCUT2D eigenvalue weighted by atomic mass is 10.1. The molecule has 1 aromatic rings. The van der Waals surface area contributed by atoms with Crippen LogP contribution in [0.2, 0.25) is 0 Å². The van der Waals surface area contributed by atoms with Crippen LogP contribution in [0, 0.1) is 0 Å². The molecule has 0 aliphatic carbocycles. The van der Waals surface area contributed by atoms with Gasteiger partial charge in [-0.3, -0.25) is 4.79 Å².